The van der Waals surface area contributed by atoms with E-state index in [1.165, 1.54) is 37.7 Å². The van der Waals surface area contributed by atoms with Crippen molar-refractivity contribution in [3.05, 3.63) is 12.2 Å². The first kappa shape index (κ1) is 25.5. The molecule has 5 atom stereocenters. The summed E-state index contributed by atoms with van der Waals surface area (Å²) in [7, 11) is 1.73. The van der Waals surface area contributed by atoms with Crippen molar-refractivity contribution in [1.82, 2.24) is 10.6 Å². The largest absolute Gasteiger partial charge is 0.396 e. The Morgan fingerprint density at radius 3 is 2.38 bits per heavy atom. The van der Waals surface area contributed by atoms with Gasteiger partial charge in [-0.15, -0.1) is 0 Å². The van der Waals surface area contributed by atoms with Gasteiger partial charge in [0.15, 0.2) is 5.96 Å². The Hall–Kier alpha value is -1.11. The van der Waals surface area contributed by atoms with Crippen LogP contribution in [0.5, 0.6) is 0 Å². The molecule has 5 unspecified atom stereocenters. The summed E-state index contributed by atoms with van der Waals surface area (Å²) in [6.07, 6.45) is 12.2. The summed E-state index contributed by atoms with van der Waals surface area (Å²) in [5.41, 5.74) is -0.0883. The van der Waals surface area contributed by atoms with E-state index in [2.05, 4.69) is 22.2 Å². The number of nitrogens with one attached hydrogen (secondary N) is 2. The van der Waals surface area contributed by atoms with Crippen molar-refractivity contribution >= 4 is 5.96 Å². The number of nitrogens with zero attached hydrogens (tertiary/aromatic N) is 1. The third kappa shape index (κ3) is 6.06. The molecular weight excluding hydrogens is 402 g/mol. The first-order valence-corrected chi connectivity index (χ1v) is 13.0. The van der Waals surface area contributed by atoms with E-state index in [4.69, 9.17) is 5.11 Å². The van der Waals surface area contributed by atoms with E-state index >= 15 is 0 Å². The second-order valence-electron chi connectivity index (χ2n) is 10.8. The number of aliphatic hydroxyl groups is 3. The summed E-state index contributed by atoms with van der Waals surface area (Å²) in [5.74, 6) is 1.99. The minimum Gasteiger partial charge on any atom is -0.396 e. The van der Waals surface area contributed by atoms with Crippen LogP contribution in [0.1, 0.15) is 84.0 Å². The third-order valence-corrected chi connectivity index (χ3v) is 8.76. The van der Waals surface area contributed by atoms with Crippen molar-refractivity contribution in [2.45, 2.75) is 95.2 Å². The van der Waals surface area contributed by atoms with Crippen molar-refractivity contribution in [1.29, 1.82) is 0 Å². The molecule has 0 amide bonds. The Morgan fingerprint density at radius 1 is 0.969 bits per heavy atom. The molecule has 3 aliphatic carbocycles. The van der Waals surface area contributed by atoms with Gasteiger partial charge in [0.2, 0.25) is 0 Å². The van der Waals surface area contributed by atoms with Crippen molar-refractivity contribution < 1.29 is 15.3 Å². The standard InChI is InChI=1S/C26H47N3O3/c1-19(20-8-5-4-6-9-20)21-10-12-25(2,31)22-11-13-26(32,23(22)18-21)14-16-29-24(27-3)28-15-7-17-30/h20-23,30-32H,1,4-18H2,2-3H3,(H2,27,28,29). The molecule has 0 spiro atoms. The van der Waals surface area contributed by atoms with Gasteiger partial charge in [-0.3, -0.25) is 4.99 Å². The maximum Gasteiger partial charge on any atom is 0.190 e. The minimum atomic E-state index is -0.763. The predicted octanol–water partition coefficient (Wildman–Crippen LogP) is 3.37. The number of fused-ring (bicyclic) bond motifs is 1. The van der Waals surface area contributed by atoms with E-state index < -0.39 is 11.2 Å². The predicted molar refractivity (Wildman–Crippen MR) is 131 cm³/mol. The fourth-order valence-electron chi connectivity index (χ4n) is 6.73. The van der Waals surface area contributed by atoms with Crippen LogP contribution in [-0.2, 0) is 0 Å². The lowest BCUT2D eigenvalue weighted by molar-refractivity contribution is -0.0642. The fourth-order valence-corrected chi connectivity index (χ4v) is 6.73. The summed E-state index contributed by atoms with van der Waals surface area (Å²) in [4.78, 5) is 4.23. The smallest absolute Gasteiger partial charge is 0.190 e. The van der Waals surface area contributed by atoms with Gasteiger partial charge in [-0.25, -0.2) is 0 Å². The van der Waals surface area contributed by atoms with E-state index in [9.17, 15) is 10.2 Å². The van der Waals surface area contributed by atoms with Gasteiger partial charge in [-0.1, -0.05) is 31.4 Å². The second-order valence-corrected chi connectivity index (χ2v) is 10.8. The Labute approximate surface area is 195 Å². The molecule has 6 heteroatoms. The van der Waals surface area contributed by atoms with Gasteiger partial charge in [0.25, 0.3) is 0 Å². The first-order valence-electron chi connectivity index (χ1n) is 13.0. The fraction of sp³-hybridized carbons (Fsp3) is 0.885. The summed E-state index contributed by atoms with van der Waals surface area (Å²) >= 11 is 0. The van der Waals surface area contributed by atoms with E-state index in [0.717, 1.165) is 32.1 Å². The molecule has 5 N–H and O–H groups in total. The van der Waals surface area contributed by atoms with Crippen LogP contribution < -0.4 is 10.6 Å². The third-order valence-electron chi connectivity index (χ3n) is 8.76. The topological polar surface area (TPSA) is 97.1 Å². The van der Waals surface area contributed by atoms with Crippen LogP contribution in [0.4, 0.5) is 0 Å². The van der Waals surface area contributed by atoms with E-state index in [1.807, 2.05) is 6.92 Å². The Kier molecular flexibility index (Phi) is 9.05. The molecule has 184 valence electrons. The molecule has 3 fully saturated rings. The molecule has 32 heavy (non-hydrogen) atoms. The second kappa shape index (κ2) is 11.3. The van der Waals surface area contributed by atoms with Gasteiger partial charge in [0.1, 0.15) is 0 Å². The van der Waals surface area contributed by atoms with Gasteiger partial charge in [0.05, 0.1) is 11.2 Å². The lowest BCUT2D eigenvalue weighted by Gasteiger charge is -2.38. The molecule has 0 saturated heterocycles. The lowest BCUT2D eigenvalue weighted by Crippen LogP contribution is -2.45. The Morgan fingerprint density at radius 2 is 1.69 bits per heavy atom. The molecule has 0 aromatic rings. The van der Waals surface area contributed by atoms with E-state index in [1.54, 1.807) is 7.05 Å². The van der Waals surface area contributed by atoms with Crippen molar-refractivity contribution in [2.75, 3.05) is 26.7 Å². The summed E-state index contributed by atoms with van der Waals surface area (Å²) in [6.45, 7) is 8.01. The van der Waals surface area contributed by atoms with Gasteiger partial charge in [-0.2, -0.15) is 0 Å². The van der Waals surface area contributed by atoms with Gasteiger partial charge in [-0.05, 0) is 88.4 Å². The monoisotopic (exact) mass is 449 g/mol. The van der Waals surface area contributed by atoms with Crippen LogP contribution in [0.25, 0.3) is 0 Å². The van der Waals surface area contributed by atoms with Crippen molar-refractivity contribution in [2.24, 2.45) is 28.7 Å². The molecule has 0 aromatic carbocycles. The van der Waals surface area contributed by atoms with Crippen LogP contribution in [-0.4, -0.2) is 59.2 Å². The van der Waals surface area contributed by atoms with Gasteiger partial charge < -0.3 is 26.0 Å². The summed E-state index contributed by atoms with van der Waals surface area (Å²) < 4.78 is 0. The highest BCUT2D eigenvalue weighted by Crippen LogP contribution is 2.54. The van der Waals surface area contributed by atoms with Crippen LogP contribution in [0.3, 0.4) is 0 Å². The van der Waals surface area contributed by atoms with E-state index in [-0.39, 0.29) is 18.4 Å². The lowest BCUT2D eigenvalue weighted by atomic mass is 9.72. The highest BCUT2D eigenvalue weighted by Gasteiger charge is 2.54. The molecule has 0 aliphatic heterocycles. The highest BCUT2D eigenvalue weighted by molar-refractivity contribution is 5.79. The number of aliphatic imine (C=N–C) groups is 1. The molecular formula is C26H47N3O3. The van der Waals surface area contributed by atoms with Crippen molar-refractivity contribution in [3.8, 4) is 0 Å². The molecule has 0 heterocycles. The number of allylic oxidation sites excluding steroid dienone is 1. The number of rotatable bonds is 8. The van der Waals surface area contributed by atoms with Crippen LogP contribution in [0, 0.1) is 23.7 Å². The number of hydrogen-bond acceptors (Lipinski definition) is 4. The average molecular weight is 450 g/mol. The SMILES string of the molecule is C=C(C1CCCCC1)C1CCC(C)(O)C2CCC(O)(CCNC(=NC)NCCCO)C2C1. The number of hydrogen-bond donors (Lipinski definition) is 5. The highest BCUT2D eigenvalue weighted by atomic mass is 16.3. The summed E-state index contributed by atoms with van der Waals surface area (Å²) in [6, 6.07) is 0. The first-order chi connectivity index (χ1) is 15.3. The zero-order chi connectivity index (χ0) is 23.2. The Bertz CT molecular complexity index is 644. The Balaban J connectivity index is 1.65. The van der Waals surface area contributed by atoms with Gasteiger partial charge in [0, 0.05) is 26.7 Å². The normalized spacial score (nSPS) is 36.4. The molecule has 0 bridgehead atoms. The summed E-state index contributed by atoms with van der Waals surface area (Å²) in [5, 5.41) is 38.6. The van der Waals surface area contributed by atoms with Crippen LogP contribution >= 0.6 is 0 Å². The maximum atomic E-state index is 11.8. The van der Waals surface area contributed by atoms with Crippen molar-refractivity contribution in [3.63, 3.8) is 0 Å². The maximum absolute atomic E-state index is 11.8. The van der Waals surface area contributed by atoms with Gasteiger partial charge >= 0.3 is 0 Å². The van der Waals surface area contributed by atoms with Crippen LogP contribution in [0.15, 0.2) is 17.1 Å². The number of guanidine groups is 1. The molecule has 0 radical (unpaired) electrons. The average Bonchev–Trinajstić information content (AvgIpc) is 3.04. The number of aliphatic hydroxyl groups excluding tert-OH is 1. The minimum absolute atomic E-state index is 0.108. The molecule has 3 aliphatic rings. The molecule has 6 nitrogen and oxygen atoms in total. The molecule has 3 rings (SSSR count). The van der Waals surface area contributed by atoms with E-state index in [0.29, 0.717) is 43.7 Å². The zero-order valence-electron chi connectivity index (χ0n) is 20.4. The molecule has 0 aromatic heterocycles. The molecule has 3 saturated carbocycles. The zero-order valence-corrected chi connectivity index (χ0v) is 20.4. The quantitative estimate of drug-likeness (QED) is 0.169. The van der Waals surface area contributed by atoms with Crippen LogP contribution in [0.2, 0.25) is 0 Å².